The molecule has 0 bridgehead atoms. The molecule has 0 unspecified atom stereocenters. The molecule has 15 heavy (non-hydrogen) atoms. The van der Waals surface area contributed by atoms with E-state index < -0.39 is 0 Å². The molecule has 78 valence electrons. The van der Waals surface area contributed by atoms with Gasteiger partial charge in [0.25, 0.3) is 0 Å². The highest BCUT2D eigenvalue weighted by atomic mass is 19.1. The topological polar surface area (TPSA) is 39.2 Å². The molecule has 0 aliphatic rings. The van der Waals surface area contributed by atoms with Crippen molar-refractivity contribution in [3.63, 3.8) is 0 Å². The largest absolute Gasteiger partial charge is 0.460 e. The number of furan rings is 1. The molecule has 2 nitrogen and oxygen atoms in total. The molecule has 0 aliphatic heterocycles. The summed E-state index contributed by atoms with van der Waals surface area (Å²) in [6.07, 6.45) is 0. The number of nitrogens with two attached hydrogens (primary N) is 1. The Morgan fingerprint density at radius 2 is 2.07 bits per heavy atom. The first-order valence-corrected chi connectivity index (χ1v) is 4.75. The van der Waals surface area contributed by atoms with Gasteiger partial charge in [-0.05, 0) is 42.8 Å². The lowest BCUT2D eigenvalue weighted by molar-refractivity contribution is 0.524. The van der Waals surface area contributed by atoms with Crippen molar-refractivity contribution in [3.8, 4) is 11.3 Å². The molecule has 0 fully saturated rings. The van der Waals surface area contributed by atoms with Crippen molar-refractivity contribution in [3.05, 3.63) is 47.5 Å². The molecular formula is C12H12FNO. The van der Waals surface area contributed by atoms with Crippen molar-refractivity contribution >= 4 is 0 Å². The molecule has 0 spiro atoms. The summed E-state index contributed by atoms with van der Waals surface area (Å²) in [7, 11) is 0. The molecule has 2 N–H and O–H groups in total. The summed E-state index contributed by atoms with van der Waals surface area (Å²) >= 11 is 0. The first-order chi connectivity index (χ1) is 7.19. The van der Waals surface area contributed by atoms with Gasteiger partial charge in [-0.15, -0.1) is 0 Å². The van der Waals surface area contributed by atoms with Crippen molar-refractivity contribution in [1.29, 1.82) is 0 Å². The van der Waals surface area contributed by atoms with E-state index in [0.717, 1.165) is 11.1 Å². The Morgan fingerprint density at radius 3 is 2.67 bits per heavy atom. The fraction of sp³-hybridized carbons (Fsp3) is 0.167. The zero-order chi connectivity index (χ0) is 10.8. The minimum absolute atomic E-state index is 0.254. The summed E-state index contributed by atoms with van der Waals surface area (Å²) in [5.41, 5.74) is 7.05. The zero-order valence-electron chi connectivity index (χ0n) is 8.46. The van der Waals surface area contributed by atoms with Crippen LogP contribution in [0.5, 0.6) is 0 Å². The number of benzene rings is 1. The molecule has 2 aromatic rings. The van der Waals surface area contributed by atoms with Gasteiger partial charge in [0.1, 0.15) is 17.3 Å². The van der Waals surface area contributed by atoms with E-state index in [1.807, 2.05) is 13.0 Å². The number of hydrogen-bond donors (Lipinski definition) is 1. The Labute approximate surface area is 87.5 Å². The van der Waals surface area contributed by atoms with E-state index >= 15 is 0 Å². The van der Waals surface area contributed by atoms with Gasteiger partial charge in [-0.25, -0.2) is 4.39 Å². The van der Waals surface area contributed by atoms with Crippen LogP contribution in [0, 0.1) is 12.7 Å². The predicted molar refractivity (Wildman–Crippen MR) is 56.7 cm³/mol. The van der Waals surface area contributed by atoms with Gasteiger partial charge in [-0.3, -0.25) is 0 Å². The van der Waals surface area contributed by atoms with E-state index in [1.54, 1.807) is 12.1 Å². The fourth-order valence-electron chi connectivity index (χ4n) is 1.52. The highest BCUT2D eigenvalue weighted by Crippen LogP contribution is 2.23. The number of halogens is 1. The lowest BCUT2D eigenvalue weighted by Gasteiger charge is -1.99. The summed E-state index contributed by atoms with van der Waals surface area (Å²) in [5.74, 6) is 1.10. The van der Waals surface area contributed by atoms with Crippen LogP contribution in [0.2, 0.25) is 0 Å². The van der Waals surface area contributed by atoms with Crippen molar-refractivity contribution in [2.45, 2.75) is 13.5 Å². The first kappa shape index (κ1) is 9.93. The normalized spacial score (nSPS) is 10.6. The summed E-state index contributed by atoms with van der Waals surface area (Å²) < 4.78 is 18.6. The van der Waals surface area contributed by atoms with Crippen molar-refractivity contribution in [1.82, 2.24) is 0 Å². The molecular weight excluding hydrogens is 193 g/mol. The number of hydrogen-bond acceptors (Lipinski definition) is 2. The van der Waals surface area contributed by atoms with Crippen molar-refractivity contribution < 1.29 is 8.81 Å². The molecule has 1 aromatic carbocycles. The molecule has 0 saturated carbocycles. The van der Waals surface area contributed by atoms with Crippen LogP contribution in [0.15, 0.2) is 34.7 Å². The smallest absolute Gasteiger partial charge is 0.134 e. The molecule has 0 saturated heterocycles. The lowest BCUT2D eigenvalue weighted by Crippen LogP contribution is -1.92. The summed E-state index contributed by atoms with van der Waals surface area (Å²) in [4.78, 5) is 0. The maximum atomic E-state index is 13.1. The maximum Gasteiger partial charge on any atom is 0.134 e. The molecule has 0 aliphatic carbocycles. The second-order valence-corrected chi connectivity index (χ2v) is 3.49. The van der Waals surface area contributed by atoms with Gasteiger partial charge < -0.3 is 10.2 Å². The van der Waals surface area contributed by atoms with Crippen LogP contribution in [0.4, 0.5) is 4.39 Å². The van der Waals surface area contributed by atoms with Gasteiger partial charge in [0, 0.05) is 5.56 Å². The standard InChI is InChI=1S/C12H12FNO/c1-8-4-9(6-10(13)5-8)12-3-2-11(7-14)15-12/h2-6H,7,14H2,1H3. The second kappa shape index (κ2) is 3.87. The van der Waals surface area contributed by atoms with Crippen LogP contribution < -0.4 is 5.73 Å². The SMILES string of the molecule is Cc1cc(F)cc(-c2ccc(CN)o2)c1. The van der Waals surface area contributed by atoms with Gasteiger partial charge in [-0.1, -0.05) is 0 Å². The van der Waals surface area contributed by atoms with E-state index in [9.17, 15) is 4.39 Å². The third-order valence-corrected chi connectivity index (χ3v) is 2.19. The van der Waals surface area contributed by atoms with E-state index in [2.05, 4.69) is 0 Å². The van der Waals surface area contributed by atoms with Crippen molar-refractivity contribution in [2.75, 3.05) is 0 Å². The highest BCUT2D eigenvalue weighted by Gasteiger charge is 2.05. The Balaban J connectivity index is 2.44. The molecule has 0 atom stereocenters. The molecule has 1 heterocycles. The van der Waals surface area contributed by atoms with E-state index in [1.165, 1.54) is 12.1 Å². The Hall–Kier alpha value is -1.61. The van der Waals surface area contributed by atoms with Gasteiger partial charge in [0.15, 0.2) is 0 Å². The summed E-state index contributed by atoms with van der Waals surface area (Å²) in [6.45, 7) is 2.20. The van der Waals surface area contributed by atoms with Crippen LogP contribution in [-0.2, 0) is 6.54 Å². The van der Waals surface area contributed by atoms with Crippen LogP contribution in [0.3, 0.4) is 0 Å². The molecule has 0 amide bonds. The summed E-state index contributed by atoms with van der Waals surface area (Å²) in [5, 5.41) is 0. The average Bonchev–Trinajstić information content (AvgIpc) is 2.64. The molecule has 0 radical (unpaired) electrons. The Kier molecular flexibility index (Phi) is 2.56. The molecule has 1 aromatic heterocycles. The van der Waals surface area contributed by atoms with Gasteiger partial charge >= 0.3 is 0 Å². The summed E-state index contributed by atoms with van der Waals surface area (Å²) in [6, 6.07) is 8.41. The Morgan fingerprint density at radius 1 is 1.27 bits per heavy atom. The fourth-order valence-corrected chi connectivity index (χ4v) is 1.52. The minimum Gasteiger partial charge on any atom is -0.460 e. The monoisotopic (exact) mass is 205 g/mol. The minimum atomic E-state index is -0.254. The van der Waals surface area contributed by atoms with Gasteiger partial charge in [-0.2, -0.15) is 0 Å². The van der Waals surface area contributed by atoms with Crippen LogP contribution >= 0.6 is 0 Å². The van der Waals surface area contributed by atoms with Crippen LogP contribution in [0.1, 0.15) is 11.3 Å². The molecule has 2 rings (SSSR count). The van der Waals surface area contributed by atoms with E-state index in [-0.39, 0.29) is 5.82 Å². The number of aryl methyl sites for hydroxylation is 1. The third-order valence-electron chi connectivity index (χ3n) is 2.19. The average molecular weight is 205 g/mol. The Bertz CT molecular complexity index is 456. The van der Waals surface area contributed by atoms with Gasteiger partial charge in [0.05, 0.1) is 6.54 Å². The zero-order valence-corrected chi connectivity index (χ0v) is 8.46. The van der Waals surface area contributed by atoms with Crippen LogP contribution in [0.25, 0.3) is 11.3 Å². The second-order valence-electron chi connectivity index (χ2n) is 3.49. The molecule has 3 heteroatoms. The third kappa shape index (κ3) is 2.07. The van der Waals surface area contributed by atoms with Crippen LogP contribution in [-0.4, -0.2) is 0 Å². The van der Waals surface area contributed by atoms with E-state index in [0.29, 0.717) is 18.1 Å². The van der Waals surface area contributed by atoms with Crippen molar-refractivity contribution in [2.24, 2.45) is 5.73 Å². The quantitative estimate of drug-likeness (QED) is 0.818. The lowest BCUT2D eigenvalue weighted by atomic mass is 10.1. The van der Waals surface area contributed by atoms with Gasteiger partial charge in [0.2, 0.25) is 0 Å². The predicted octanol–water partition coefficient (Wildman–Crippen LogP) is 2.85. The number of rotatable bonds is 2. The first-order valence-electron chi connectivity index (χ1n) is 4.75. The van der Waals surface area contributed by atoms with E-state index in [4.69, 9.17) is 10.2 Å². The maximum absolute atomic E-state index is 13.1. The highest BCUT2D eigenvalue weighted by molar-refractivity contribution is 5.58.